The van der Waals surface area contributed by atoms with Crippen molar-refractivity contribution < 1.29 is 19.1 Å². The van der Waals surface area contributed by atoms with Crippen LogP contribution in [0.2, 0.25) is 0 Å². The second-order valence-corrected chi connectivity index (χ2v) is 10.1. The first-order chi connectivity index (χ1) is 19.5. The highest BCUT2D eigenvalue weighted by Crippen LogP contribution is 2.28. The molecule has 1 aromatic heterocycles. The maximum absolute atomic E-state index is 13.6. The molecule has 0 N–H and O–H groups in total. The van der Waals surface area contributed by atoms with Gasteiger partial charge in [0, 0.05) is 64.5 Å². The molecule has 3 aromatic rings. The zero-order valence-corrected chi connectivity index (χ0v) is 23.8. The predicted molar refractivity (Wildman–Crippen MR) is 157 cm³/mol. The molecule has 4 rings (SSSR count). The SMILES string of the molecule is COc1ccc(CCC(=O)N2CCCN(Cc3ccccn3)CCCN(C(C)=O)c3ccccc3C2)cc1OC. The Kier molecular flexibility index (Phi) is 10.5. The monoisotopic (exact) mass is 544 g/mol. The van der Waals surface area contributed by atoms with Crippen molar-refractivity contribution >= 4 is 17.5 Å². The van der Waals surface area contributed by atoms with Crippen molar-refractivity contribution in [2.45, 2.75) is 45.7 Å². The van der Waals surface area contributed by atoms with Gasteiger partial charge in [-0.3, -0.25) is 19.5 Å². The van der Waals surface area contributed by atoms with Crippen molar-refractivity contribution in [2.24, 2.45) is 0 Å². The molecule has 0 radical (unpaired) electrons. The van der Waals surface area contributed by atoms with Crippen LogP contribution in [0.5, 0.6) is 11.5 Å². The molecule has 2 aromatic carbocycles. The molecule has 0 saturated heterocycles. The van der Waals surface area contributed by atoms with Crippen LogP contribution < -0.4 is 14.4 Å². The van der Waals surface area contributed by atoms with Crippen LogP contribution >= 0.6 is 0 Å². The van der Waals surface area contributed by atoms with Crippen LogP contribution in [-0.2, 0) is 29.1 Å². The number of methoxy groups -OCH3 is 2. The third-order valence-corrected chi connectivity index (χ3v) is 7.32. The number of para-hydroxylation sites is 1. The third-order valence-electron chi connectivity index (χ3n) is 7.32. The van der Waals surface area contributed by atoms with E-state index in [1.165, 1.54) is 0 Å². The van der Waals surface area contributed by atoms with Gasteiger partial charge in [0.2, 0.25) is 11.8 Å². The number of aryl methyl sites for hydroxylation is 1. The van der Waals surface area contributed by atoms with Crippen LogP contribution in [0, 0.1) is 0 Å². The molecule has 212 valence electrons. The Balaban J connectivity index is 1.54. The van der Waals surface area contributed by atoms with Crippen molar-refractivity contribution in [3.8, 4) is 11.5 Å². The molecular weight excluding hydrogens is 504 g/mol. The molecule has 0 unspecified atom stereocenters. The molecule has 2 heterocycles. The number of amides is 2. The van der Waals surface area contributed by atoms with E-state index in [4.69, 9.17) is 9.47 Å². The van der Waals surface area contributed by atoms with Crippen molar-refractivity contribution in [3.63, 3.8) is 0 Å². The summed E-state index contributed by atoms with van der Waals surface area (Å²) in [6, 6.07) is 19.7. The minimum atomic E-state index is 0.00659. The Bertz CT molecular complexity index is 1270. The number of aromatic nitrogens is 1. The Morgan fingerprint density at radius 3 is 2.35 bits per heavy atom. The lowest BCUT2D eigenvalue weighted by molar-refractivity contribution is -0.131. The Hall–Kier alpha value is -3.91. The summed E-state index contributed by atoms with van der Waals surface area (Å²) in [7, 11) is 3.23. The number of nitrogens with zero attached hydrogens (tertiary/aromatic N) is 4. The number of anilines is 1. The lowest BCUT2D eigenvalue weighted by Gasteiger charge is -2.31. The topological polar surface area (TPSA) is 75.2 Å². The van der Waals surface area contributed by atoms with E-state index < -0.39 is 0 Å². The fraction of sp³-hybridized carbons (Fsp3) is 0.406. The second kappa shape index (κ2) is 14.5. The highest BCUT2D eigenvalue weighted by molar-refractivity contribution is 5.92. The number of hydrogen-bond acceptors (Lipinski definition) is 6. The van der Waals surface area contributed by atoms with Crippen LogP contribution in [0.15, 0.2) is 66.9 Å². The summed E-state index contributed by atoms with van der Waals surface area (Å²) in [5.74, 6) is 1.42. The summed E-state index contributed by atoms with van der Waals surface area (Å²) in [4.78, 5) is 37.0. The molecular formula is C32H40N4O4. The fourth-order valence-corrected chi connectivity index (χ4v) is 5.23. The molecule has 0 fully saturated rings. The van der Waals surface area contributed by atoms with E-state index in [0.29, 0.717) is 44.0 Å². The van der Waals surface area contributed by atoms with Crippen molar-refractivity contribution in [3.05, 3.63) is 83.7 Å². The Morgan fingerprint density at radius 2 is 1.62 bits per heavy atom. The Labute approximate surface area is 237 Å². The number of hydrogen-bond donors (Lipinski definition) is 0. The summed E-state index contributed by atoms with van der Waals surface area (Å²) < 4.78 is 10.8. The molecule has 8 heteroatoms. The quantitative estimate of drug-likeness (QED) is 0.429. The lowest BCUT2D eigenvalue weighted by atomic mass is 10.1. The summed E-state index contributed by atoms with van der Waals surface area (Å²) in [6.07, 6.45) is 4.51. The van der Waals surface area contributed by atoms with E-state index >= 15 is 0 Å². The molecule has 0 spiro atoms. The van der Waals surface area contributed by atoms with Crippen LogP contribution in [0.3, 0.4) is 0 Å². The minimum absolute atomic E-state index is 0.00659. The predicted octanol–water partition coefficient (Wildman–Crippen LogP) is 4.71. The fourth-order valence-electron chi connectivity index (χ4n) is 5.23. The molecule has 0 saturated carbocycles. The van der Waals surface area contributed by atoms with Gasteiger partial charge in [-0.05, 0) is 60.7 Å². The Morgan fingerprint density at radius 1 is 0.875 bits per heavy atom. The van der Waals surface area contributed by atoms with E-state index in [-0.39, 0.29) is 11.8 Å². The standard InChI is InChI=1S/C32H40N4O4/c1-25(37)36-21-9-19-34(24-28-11-6-7-17-33-28)18-8-20-35(23-27-10-4-5-12-29(27)36)32(38)16-14-26-13-15-30(39-2)31(22-26)40-3/h4-7,10-13,15,17,22H,8-9,14,16,18-21,23-24H2,1-3H3. The first-order valence-corrected chi connectivity index (χ1v) is 14.0. The molecule has 1 aliphatic rings. The summed E-state index contributed by atoms with van der Waals surface area (Å²) in [5, 5.41) is 0. The van der Waals surface area contributed by atoms with Crippen LogP contribution in [0.25, 0.3) is 0 Å². The maximum atomic E-state index is 13.6. The largest absolute Gasteiger partial charge is 0.493 e. The van der Waals surface area contributed by atoms with E-state index in [9.17, 15) is 9.59 Å². The van der Waals surface area contributed by atoms with Gasteiger partial charge in [-0.1, -0.05) is 30.3 Å². The zero-order valence-electron chi connectivity index (χ0n) is 23.8. The summed E-state index contributed by atoms with van der Waals surface area (Å²) in [6.45, 7) is 5.76. The average molecular weight is 545 g/mol. The molecule has 1 aliphatic heterocycles. The molecule has 0 aliphatic carbocycles. The van der Waals surface area contributed by atoms with Gasteiger partial charge >= 0.3 is 0 Å². The average Bonchev–Trinajstić information content (AvgIpc) is 2.97. The van der Waals surface area contributed by atoms with E-state index in [2.05, 4.69) is 9.88 Å². The van der Waals surface area contributed by atoms with Gasteiger partial charge in [0.25, 0.3) is 0 Å². The minimum Gasteiger partial charge on any atom is -0.493 e. The number of rotatable bonds is 7. The van der Waals surface area contributed by atoms with Crippen molar-refractivity contribution in [1.82, 2.24) is 14.8 Å². The van der Waals surface area contributed by atoms with Crippen LogP contribution in [0.4, 0.5) is 5.69 Å². The first-order valence-electron chi connectivity index (χ1n) is 14.0. The third kappa shape index (κ3) is 7.82. The lowest BCUT2D eigenvalue weighted by Crippen LogP contribution is -2.38. The maximum Gasteiger partial charge on any atom is 0.223 e. The van der Waals surface area contributed by atoms with Gasteiger partial charge in [0.05, 0.1) is 19.9 Å². The van der Waals surface area contributed by atoms with Gasteiger partial charge in [-0.15, -0.1) is 0 Å². The zero-order chi connectivity index (χ0) is 28.3. The van der Waals surface area contributed by atoms with E-state index in [0.717, 1.165) is 55.0 Å². The number of carbonyl (C=O) groups is 2. The molecule has 40 heavy (non-hydrogen) atoms. The van der Waals surface area contributed by atoms with Crippen molar-refractivity contribution in [1.29, 1.82) is 0 Å². The highest BCUT2D eigenvalue weighted by Gasteiger charge is 2.21. The normalized spacial score (nSPS) is 15.0. The number of benzene rings is 2. The van der Waals surface area contributed by atoms with Gasteiger partial charge < -0.3 is 19.3 Å². The summed E-state index contributed by atoms with van der Waals surface area (Å²) >= 11 is 0. The molecule has 8 nitrogen and oxygen atoms in total. The summed E-state index contributed by atoms with van der Waals surface area (Å²) in [5.41, 5.74) is 3.91. The first kappa shape index (κ1) is 29.1. The van der Waals surface area contributed by atoms with Gasteiger partial charge in [0.1, 0.15) is 0 Å². The van der Waals surface area contributed by atoms with E-state index in [1.54, 1.807) is 21.1 Å². The van der Waals surface area contributed by atoms with Crippen LogP contribution in [-0.4, -0.2) is 67.0 Å². The second-order valence-electron chi connectivity index (χ2n) is 10.1. The number of fused-ring (bicyclic) bond motifs is 1. The number of pyridine rings is 1. The molecule has 2 amide bonds. The number of ether oxygens (including phenoxy) is 2. The smallest absolute Gasteiger partial charge is 0.223 e. The van der Waals surface area contributed by atoms with Crippen molar-refractivity contribution in [2.75, 3.05) is 45.3 Å². The molecule has 0 atom stereocenters. The van der Waals surface area contributed by atoms with Gasteiger partial charge in [-0.2, -0.15) is 0 Å². The van der Waals surface area contributed by atoms with Crippen LogP contribution in [0.1, 0.15) is 43.0 Å². The van der Waals surface area contributed by atoms with Gasteiger partial charge in [-0.25, -0.2) is 0 Å². The molecule has 0 bridgehead atoms. The van der Waals surface area contributed by atoms with Gasteiger partial charge in [0.15, 0.2) is 11.5 Å². The highest BCUT2D eigenvalue weighted by atomic mass is 16.5. The van der Waals surface area contributed by atoms with E-state index in [1.807, 2.05) is 76.7 Å². The number of carbonyl (C=O) groups excluding carboxylic acids is 2.